The van der Waals surface area contributed by atoms with E-state index < -0.39 is 19.1 Å². The van der Waals surface area contributed by atoms with Crippen LogP contribution in [0.5, 0.6) is 5.75 Å². The quantitative estimate of drug-likeness (QED) is 0.777. The van der Waals surface area contributed by atoms with Crippen molar-refractivity contribution >= 4 is 15.9 Å². The minimum absolute atomic E-state index is 0.101. The molecule has 90 valence electrons. The number of phenols is 1. The summed E-state index contributed by atoms with van der Waals surface area (Å²) in [6, 6.07) is 4.74. The van der Waals surface area contributed by atoms with Gasteiger partial charge in [0.2, 0.25) is 0 Å². The average molecular weight is 296 g/mol. The lowest BCUT2D eigenvalue weighted by Gasteiger charge is -2.14. The van der Waals surface area contributed by atoms with Crippen molar-refractivity contribution in [3.05, 3.63) is 28.2 Å². The van der Waals surface area contributed by atoms with Crippen LogP contribution >= 0.6 is 15.9 Å². The second-order valence-electron chi connectivity index (χ2n) is 3.40. The van der Waals surface area contributed by atoms with Gasteiger partial charge in [-0.1, -0.05) is 6.07 Å². The molecule has 3 nitrogen and oxygen atoms in total. The summed E-state index contributed by atoms with van der Waals surface area (Å²) >= 11 is 3.13. The smallest absolute Gasteiger partial charge is 0.282 e. The van der Waals surface area contributed by atoms with Gasteiger partial charge in [-0.05, 0) is 33.6 Å². The van der Waals surface area contributed by atoms with Crippen LogP contribution < -0.4 is 5.32 Å². The summed E-state index contributed by atoms with van der Waals surface area (Å²) in [7, 11) is 0. The fraction of sp³-hybridized carbons (Fsp3) is 0.400. The fourth-order valence-corrected chi connectivity index (χ4v) is 1.53. The first-order valence-electron chi connectivity index (χ1n) is 4.61. The van der Waals surface area contributed by atoms with Crippen molar-refractivity contribution in [2.75, 3.05) is 13.2 Å². The summed E-state index contributed by atoms with van der Waals surface area (Å²) in [6.07, 6.45) is 0. The molecule has 1 aromatic rings. The molecule has 0 aromatic heterocycles. The van der Waals surface area contributed by atoms with Crippen molar-refractivity contribution in [2.45, 2.75) is 12.5 Å². The molecule has 1 rings (SSSR count). The van der Waals surface area contributed by atoms with E-state index >= 15 is 0 Å². The van der Waals surface area contributed by atoms with Gasteiger partial charge in [0.05, 0.1) is 11.0 Å². The van der Waals surface area contributed by atoms with E-state index in [9.17, 15) is 13.9 Å². The summed E-state index contributed by atoms with van der Waals surface area (Å²) in [5, 5.41) is 20.1. The minimum Gasteiger partial charge on any atom is -0.507 e. The first kappa shape index (κ1) is 13.3. The highest BCUT2D eigenvalue weighted by Gasteiger charge is 2.26. The van der Waals surface area contributed by atoms with Gasteiger partial charge in [0.15, 0.2) is 0 Å². The average Bonchev–Trinajstić information content (AvgIpc) is 2.23. The second kappa shape index (κ2) is 5.56. The van der Waals surface area contributed by atoms with Crippen LogP contribution in [0.25, 0.3) is 0 Å². The van der Waals surface area contributed by atoms with Crippen molar-refractivity contribution in [3.8, 4) is 5.75 Å². The van der Waals surface area contributed by atoms with Crippen molar-refractivity contribution < 1.29 is 19.0 Å². The van der Waals surface area contributed by atoms with E-state index in [0.29, 0.717) is 4.47 Å². The highest BCUT2D eigenvalue weighted by atomic mass is 79.9. The molecule has 0 saturated heterocycles. The first-order valence-corrected chi connectivity index (χ1v) is 5.41. The zero-order chi connectivity index (χ0) is 12.2. The molecule has 0 saturated carbocycles. The lowest BCUT2D eigenvalue weighted by Crippen LogP contribution is -2.35. The van der Waals surface area contributed by atoms with Crippen LogP contribution in [0.15, 0.2) is 22.7 Å². The Labute approximate surface area is 100 Å². The van der Waals surface area contributed by atoms with E-state index in [0.717, 1.165) is 5.56 Å². The lowest BCUT2D eigenvalue weighted by atomic mass is 10.2. The molecule has 0 atom stereocenters. The number of rotatable bonds is 5. The number of alkyl halides is 2. The Morgan fingerprint density at radius 2 is 2.06 bits per heavy atom. The van der Waals surface area contributed by atoms with E-state index in [1.165, 1.54) is 6.07 Å². The largest absolute Gasteiger partial charge is 0.507 e. The molecule has 0 aliphatic rings. The van der Waals surface area contributed by atoms with E-state index in [4.69, 9.17) is 5.11 Å². The number of halogens is 3. The topological polar surface area (TPSA) is 52.5 Å². The highest BCUT2D eigenvalue weighted by molar-refractivity contribution is 9.10. The van der Waals surface area contributed by atoms with E-state index in [1.807, 2.05) is 0 Å². The molecule has 3 N–H and O–H groups in total. The summed E-state index contributed by atoms with van der Waals surface area (Å²) < 4.78 is 25.8. The second-order valence-corrected chi connectivity index (χ2v) is 4.26. The van der Waals surface area contributed by atoms with Crippen molar-refractivity contribution in [1.82, 2.24) is 5.32 Å². The SMILES string of the molecule is OCC(F)(F)CNCc1ccc(O)c(Br)c1. The Morgan fingerprint density at radius 3 is 2.62 bits per heavy atom. The molecule has 0 aliphatic carbocycles. The van der Waals surface area contributed by atoms with E-state index in [2.05, 4.69) is 21.2 Å². The maximum absolute atomic E-state index is 12.6. The standard InChI is InChI=1S/C10H12BrF2NO2/c11-8-3-7(1-2-9(8)16)4-14-5-10(12,13)6-15/h1-3,14-16H,4-6H2. The van der Waals surface area contributed by atoms with Crippen molar-refractivity contribution in [3.63, 3.8) is 0 Å². The van der Waals surface area contributed by atoms with Gasteiger partial charge in [0.1, 0.15) is 12.4 Å². The third-order valence-corrected chi connectivity index (χ3v) is 2.59. The molecule has 0 heterocycles. The van der Waals surface area contributed by atoms with E-state index in [1.54, 1.807) is 12.1 Å². The molecule has 0 amide bonds. The Kier molecular flexibility index (Phi) is 4.64. The van der Waals surface area contributed by atoms with Gasteiger partial charge in [0.25, 0.3) is 5.92 Å². The number of aliphatic hydroxyl groups excluding tert-OH is 1. The highest BCUT2D eigenvalue weighted by Crippen LogP contribution is 2.24. The van der Waals surface area contributed by atoms with Gasteiger partial charge in [-0.2, -0.15) is 0 Å². The molecular formula is C10H12BrF2NO2. The lowest BCUT2D eigenvalue weighted by molar-refractivity contribution is -0.0477. The summed E-state index contributed by atoms with van der Waals surface area (Å²) in [5.41, 5.74) is 0.762. The molecule has 0 fully saturated rings. The normalized spacial score (nSPS) is 11.8. The maximum Gasteiger partial charge on any atom is 0.282 e. The van der Waals surface area contributed by atoms with Crippen LogP contribution in [0.4, 0.5) is 8.78 Å². The van der Waals surface area contributed by atoms with Crippen LogP contribution in [0.3, 0.4) is 0 Å². The zero-order valence-electron chi connectivity index (χ0n) is 8.38. The van der Waals surface area contributed by atoms with Gasteiger partial charge in [-0.25, -0.2) is 8.78 Å². The molecule has 0 aliphatic heterocycles. The molecule has 0 bridgehead atoms. The number of phenolic OH excluding ortho intramolecular Hbond substituents is 1. The van der Waals surface area contributed by atoms with Gasteiger partial charge in [-0.15, -0.1) is 0 Å². The number of aliphatic hydroxyl groups is 1. The Morgan fingerprint density at radius 1 is 1.38 bits per heavy atom. The van der Waals surface area contributed by atoms with Crippen molar-refractivity contribution in [1.29, 1.82) is 0 Å². The van der Waals surface area contributed by atoms with Crippen LogP contribution in [0.2, 0.25) is 0 Å². The molecule has 1 aromatic carbocycles. The molecule has 0 radical (unpaired) electrons. The van der Waals surface area contributed by atoms with Crippen molar-refractivity contribution in [2.24, 2.45) is 0 Å². The fourth-order valence-electron chi connectivity index (χ4n) is 1.11. The number of aromatic hydroxyl groups is 1. The molecule has 0 spiro atoms. The Hall–Kier alpha value is -0.720. The summed E-state index contributed by atoms with van der Waals surface area (Å²) in [4.78, 5) is 0. The Bertz CT molecular complexity index is 361. The minimum atomic E-state index is -3.10. The van der Waals surface area contributed by atoms with Gasteiger partial charge >= 0.3 is 0 Å². The van der Waals surface area contributed by atoms with Gasteiger partial charge < -0.3 is 15.5 Å². The molecular weight excluding hydrogens is 284 g/mol. The first-order chi connectivity index (χ1) is 7.44. The maximum atomic E-state index is 12.6. The van der Waals surface area contributed by atoms with Crippen LogP contribution in [-0.4, -0.2) is 29.3 Å². The third kappa shape index (κ3) is 4.03. The molecule has 16 heavy (non-hydrogen) atoms. The van der Waals surface area contributed by atoms with Crippen LogP contribution in [0, 0.1) is 0 Å². The number of benzene rings is 1. The third-order valence-electron chi connectivity index (χ3n) is 1.96. The van der Waals surface area contributed by atoms with Gasteiger partial charge in [0, 0.05) is 6.54 Å². The summed E-state index contributed by atoms with van der Waals surface area (Å²) in [6.45, 7) is -1.50. The van der Waals surface area contributed by atoms with Crippen LogP contribution in [0.1, 0.15) is 5.56 Å². The monoisotopic (exact) mass is 295 g/mol. The summed E-state index contributed by atoms with van der Waals surface area (Å²) in [5.74, 6) is -3.00. The zero-order valence-corrected chi connectivity index (χ0v) is 9.97. The molecule has 0 unspecified atom stereocenters. The van der Waals surface area contributed by atoms with E-state index in [-0.39, 0.29) is 12.3 Å². The number of nitrogens with one attached hydrogen (secondary N) is 1. The van der Waals surface area contributed by atoms with Gasteiger partial charge in [-0.3, -0.25) is 0 Å². The van der Waals surface area contributed by atoms with Crippen LogP contribution in [-0.2, 0) is 6.54 Å². The number of hydrogen-bond donors (Lipinski definition) is 3. The number of hydrogen-bond acceptors (Lipinski definition) is 3. The molecule has 6 heteroatoms. The Balaban J connectivity index is 2.46. The predicted molar refractivity (Wildman–Crippen MR) is 59.5 cm³/mol. The predicted octanol–water partition coefficient (Wildman–Crippen LogP) is 1.87.